The summed E-state index contributed by atoms with van der Waals surface area (Å²) < 4.78 is 10.6. The number of primary amides is 1. The predicted octanol–water partition coefficient (Wildman–Crippen LogP) is 1.49. The minimum absolute atomic E-state index is 0.120. The Morgan fingerprint density at radius 2 is 1.78 bits per heavy atom. The molecule has 3 N–H and O–H groups in total. The van der Waals surface area contributed by atoms with Crippen LogP contribution >= 0.6 is 0 Å². The molecule has 0 aliphatic carbocycles. The van der Waals surface area contributed by atoms with E-state index < -0.39 is 5.91 Å². The Bertz CT molecular complexity index is 683. The van der Waals surface area contributed by atoms with Crippen molar-refractivity contribution in [3.8, 4) is 11.5 Å². The van der Waals surface area contributed by atoms with Crippen LogP contribution < -0.4 is 20.5 Å². The van der Waals surface area contributed by atoms with Gasteiger partial charge < -0.3 is 20.5 Å². The van der Waals surface area contributed by atoms with E-state index in [0.717, 1.165) is 11.3 Å². The van der Waals surface area contributed by atoms with Crippen molar-refractivity contribution in [1.29, 1.82) is 0 Å². The van der Waals surface area contributed by atoms with Crippen LogP contribution in [0.3, 0.4) is 0 Å². The van der Waals surface area contributed by atoms with E-state index in [2.05, 4.69) is 5.32 Å². The monoisotopic (exact) mass is 314 g/mol. The van der Waals surface area contributed by atoms with Gasteiger partial charge in [-0.2, -0.15) is 0 Å². The van der Waals surface area contributed by atoms with Crippen molar-refractivity contribution in [3.63, 3.8) is 0 Å². The Hall–Kier alpha value is -3.02. The van der Waals surface area contributed by atoms with Crippen LogP contribution in [0.15, 0.2) is 48.5 Å². The summed E-state index contributed by atoms with van der Waals surface area (Å²) in [6, 6.07) is 13.7. The minimum Gasteiger partial charge on any atom is -0.496 e. The quantitative estimate of drug-likeness (QED) is 0.810. The molecule has 2 rings (SSSR count). The van der Waals surface area contributed by atoms with E-state index in [-0.39, 0.29) is 12.5 Å². The molecule has 0 fully saturated rings. The lowest BCUT2D eigenvalue weighted by molar-refractivity contribution is -0.123. The van der Waals surface area contributed by atoms with E-state index in [9.17, 15) is 9.59 Å². The standard InChI is InChI=1S/C17H18N2O4/c1-22-15-5-3-2-4-13(15)10-19-16(20)11-23-14-8-6-12(7-9-14)17(18)21/h2-9H,10-11H2,1H3,(H2,18,21)(H,19,20). The van der Waals surface area contributed by atoms with Gasteiger partial charge in [0.25, 0.3) is 5.91 Å². The number of ether oxygens (including phenoxy) is 2. The first kappa shape index (κ1) is 16.4. The summed E-state index contributed by atoms with van der Waals surface area (Å²) in [5.74, 6) is 0.444. The Morgan fingerprint density at radius 3 is 2.43 bits per heavy atom. The molecule has 0 aliphatic rings. The van der Waals surface area contributed by atoms with Gasteiger partial charge in [0.1, 0.15) is 11.5 Å². The highest BCUT2D eigenvalue weighted by atomic mass is 16.5. The maximum atomic E-state index is 11.8. The molecule has 0 atom stereocenters. The summed E-state index contributed by atoms with van der Waals surface area (Å²) in [6.07, 6.45) is 0. The second kappa shape index (κ2) is 7.84. The molecule has 0 saturated heterocycles. The lowest BCUT2D eigenvalue weighted by atomic mass is 10.2. The Kier molecular flexibility index (Phi) is 5.57. The van der Waals surface area contributed by atoms with Crippen LogP contribution in [-0.2, 0) is 11.3 Å². The summed E-state index contributed by atoms with van der Waals surface area (Å²) in [6.45, 7) is 0.234. The van der Waals surface area contributed by atoms with Crippen LogP contribution in [0.5, 0.6) is 11.5 Å². The van der Waals surface area contributed by atoms with Gasteiger partial charge in [-0.3, -0.25) is 9.59 Å². The van der Waals surface area contributed by atoms with Crippen molar-refractivity contribution in [1.82, 2.24) is 5.32 Å². The van der Waals surface area contributed by atoms with E-state index in [0.29, 0.717) is 17.9 Å². The largest absolute Gasteiger partial charge is 0.496 e. The zero-order valence-electron chi connectivity index (χ0n) is 12.7. The summed E-state index contributed by atoms with van der Waals surface area (Å²) >= 11 is 0. The Morgan fingerprint density at radius 1 is 1.09 bits per heavy atom. The van der Waals surface area contributed by atoms with Crippen LogP contribution in [0.2, 0.25) is 0 Å². The molecule has 6 heteroatoms. The van der Waals surface area contributed by atoms with Gasteiger partial charge in [0.15, 0.2) is 6.61 Å². The third kappa shape index (κ3) is 4.74. The molecule has 0 aliphatic heterocycles. The average molecular weight is 314 g/mol. The second-order valence-electron chi connectivity index (χ2n) is 4.77. The molecule has 2 aromatic carbocycles. The smallest absolute Gasteiger partial charge is 0.258 e. The highest BCUT2D eigenvalue weighted by Gasteiger charge is 2.06. The fraction of sp³-hybridized carbons (Fsp3) is 0.176. The van der Waals surface area contributed by atoms with Crippen LogP contribution in [0.1, 0.15) is 15.9 Å². The molecule has 2 amide bonds. The maximum absolute atomic E-state index is 11.8. The Balaban J connectivity index is 1.82. The van der Waals surface area contributed by atoms with Crippen LogP contribution in [0, 0.1) is 0 Å². The molecule has 23 heavy (non-hydrogen) atoms. The molecule has 0 aromatic heterocycles. The third-order valence-electron chi connectivity index (χ3n) is 3.18. The molecular weight excluding hydrogens is 296 g/mol. The number of carbonyl (C=O) groups is 2. The molecule has 120 valence electrons. The van der Waals surface area contributed by atoms with Crippen molar-refractivity contribution >= 4 is 11.8 Å². The van der Waals surface area contributed by atoms with E-state index in [1.54, 1.807) is 31.4 Å². The number of rotatable bonds is 7. The molecule has 0 unspecified atom stereocenters. The van der Waals surface area contributed by atoms with E-state index in [4.69, 9.17) is 15.2 Å². The molecule has 0 heterocycles. The van der Waals surface area contributed by atoms with E-state index in [1.807, 2.05) is 24.3 Å². The molecule has 0 spiro atoms. The van der Waals surface area contributed by atoms with Gasteiger partial charge in [-0.1, -0.05) is 18.2 Å². The number of methoxy groups -OCH3 is 1. The molecule has 6 nitrogen and oxygen atoms in total. The van der Waals surface area contributed by atoms with Crippen molar-refractivity contribution in [2.45, 2.75) is 6.54 Å². The number of para-hydroxylation sites is 1. The van der Waals surface area contributed by atoms with Crippen molar-refractivity contribution in [2.24, 2.45) is 5.73 Å². The highest BCUT2D eigenvalue weighted by molar-refractivity contribution is 5.92. The second-order valence-corrected chi connectivity index (χ2v) is 4.77. The fourth-order valence-electron chi connectivity index (χ4n) is 1.96. The lowest BCUT2D eigenvalue weighted by Gasteiger charge is -2.10. The topological polar surface area (TPSA) is 90.7 Å². The zero-order valence-corrected chi connectivity index (χ0v) is 12.7. The number of nitrogens with two attached hydrogens (primary N) is 1. The van der Waals surface area contributed by atoms with Crippen LogP contribution in [0.25, 0.3) is 0 Å². The number of hydrogen-bond donors (Lipinski definition) is 2. The normalized spacial score (nSPS) is 9.96. The van der Waals surface area contributed by atoms with Gasteiger partial charge in [0.05, 0.1) is 7.11 Å². The zero-order chi connectivity index (χ0) is 16.7. The first-order valence-corrected chi connectivity index (χ1v) is 7.01. The number of amides is 2. The minimum atomic E-state index is -0.508. The summed E-state index contributed by atoms with van der Waals surface area (Å²) in [5.41, 5.74) is 6.42. The van der Waals surface area contributed by atoms with Gasteiger partial charge in [-0.25, -0.2) is 0 Å². The molecule has 0 saturated carbocycles. The van der Waals surface area contributed by atoms with Crippen molar-refractivity contribution in [2.75, 3.05) is 13.7 Å². The number of carbonyl (C=O) groups excluding carboxylic acids is 2. The number of hydrogen-bond acceptors (Lipinski definition) is 4. The number of benzene rings is 2. The number of nitrogens with one attached hydrogen (secondary N) is 1. The van der Waals surface area contributed by atoms with Gasteiger partial charge in [0, 0.05) is 17.7 Å². The van der Waals surface area contributed by atoms with Gasteiger partial charge >= 0.3 is 0 Å². The molecular formula is C17H18N2O4. The first-order valence-electron chi connectivity index (χ1n) is 7.01. The highest BCUT2D eigenvalue weighted by Crippen LogP contribution is 2.16. The van der Waals surface area contributed by atoms with Crippen molar-refractivity contribution in [3.05, 3.63) is 59.7 Å². The third-order valence-corrected chi connectivity index (χ3v) is 3.18. The van der Waals surface area contributed by atoms with Gasteiger partial charge in [0.2, 0.25) is 5.91 Å². The van der Waals surface area contributed by atoms with Crippen LogP contribution in [0.4, 0.5) is 0 Å². The summed E-state index contributed by atoms with van der Waals surface area (Å²) in [5, 5.41) is 2.76. The van der Waals surface area contributed by atoms with E-state index in [1.165, 1.54) is 0 Å². The summed E-state index contributed by atoms with van der Waals surface area (Å²) in [7, 11) is 1.58. The summed E-state index contributed by atoms with van der Waals surface area (Å²) in [4.78, 5) is 22.8. The molecule has 0 radical (unpaired) electrons. The van der Waals surface area contributed by atoms with E-state index >= 15 is 0 Å². The first-order chi connectivity index (χ1) is 11.1. The SMILES string of the molecule is COc1ccccc1CNC(=O)COc1ccc(C(N)=O)cc1. The average Bonchev–Trinajstić information content (AvgIpc) is 2.58. The maximum Gasteiger partial charge on any atom is 0.258 e. The van der Waals surface area contributed by atoms with Crippen molar-refractivity contribution < 1.29 is 19.1 Å². The molecule has 0 bridgehead atoms. The van der Waals surface area contributed by atoms with Crippen LogP contribution in [-0.4, -0.2) is 25.5 Å². The fourth-order valence-corrected chi connectivity index (χ4v) is 1.96. The van der Waals surface area contributed by atoms with Gasteiger partial charge in [-0.05, 0) is 30.3 Å². The van der Waals surface area contributed by atoms with Gasteiger partial charge in [-0.15, -0.1) is 0 Å². The molecule has 2 aromatic rings. The predicted molar refractivity (Wildman–Crippen MR) is 85.3 cm³/mol. The lowest BCUT2D eigenvalue weighted by Crippen LogP contribution is -2.28. The Labute approximate surface area is 134 Å².